The summed E-state index contributed by atoms with van der Waals surface area (Å²) in [6.45, 7) is 2.03. The highest BCUT2D eigenvalue weighted by Crippen LogP contribution is 2.21. The average molecular weight is 169 g/mol. The van der Waals surface area contributed by atoms with E-state index in [1.54, 1.807) is 7.11 Å². The summed E-state index contributed by atoms with van der Waals surface area (Å²) in [5, 5.41) is 0. The van der Waals surface area contributed by atoms with Crippen molar-refractivity contribution in [1.29, 1.82) is 0 Å². The Morgan fingerprint density at radius 3 is 2.75 bits per heavy atom. The molecule has 0 radical (unpaired) electrons. The quantitative estimate of drug-likeness (QED) is 0.654. The van der Waals surface area contributed by atoms with Gasteiger partial charge in [0.1, 0.15) is 0 Å². The van der Waals surface area contributed by atoms with Crippen LogP contribution in [-0.2, 0) is 4.74 Å². The second-order valence-corrected chi connectivity index (χ2v) is 3.49. The summed E-state index contributed by atoms with van der Waals surface area (Å²) in [4.78, 5) is 0. The summed E-state index contributed by atoms with van der Waals surface area (Å²) in [6.07, 6.45) is 7.39. The highest BCUT2D eigenvalue weighted by Gasteiger charge is 2.17. The molecule has 0 amide bonds. The van der Waals surface area contributed by atoms with E-state index in [0.29, 0.717) is 0 Å². The maximum atomic E-state index is 6.01. The van der Waals surface area contributed by atoms with Gasteiger partial charge < -0.3 is 10.5 Å². The van der Waals surface area contributed by atoms with E-state index in [9.17, 15) is 0 Å². The number of ether oxygens (including phenoxy) is 1. The molecule has 0 bridgehead atoms. The molecule has 2 atom stereocenters. The fourth-order valence-corrected chi connectivity index (χ4v) is 1.61. The molecule has 70 valence electrons. The van der Waals surface area contributed by atoms with Crippen LogP contribution in [0.1, 0.15) is 32.6 Å². The van der Waals surface area contributed by atoms with Crippen molar-refractivity contribution in [2.45, 2.75) is 44.8 Å². The first-order valence-corrected chi connectivity index (χ1v) is 4.73. The molecule has 0 spiro atoms. The van der Waals surface area contributed by atoms with Gasteiger partial charge in [-0.15, -0.1) is 0 Å². The Labute approximate surface area is 74.8 Å². The molecular formula is C10H19NO. The van der Waals surface area contributed by atoms with Gasteiger partial charge in [-0.05, 0) is 32.6 Å². The molecule has 0 aromatic rings. The van der Waals surface area contributed by atoms with Crippen molar-refractivity contribution < 1.29 is 4.74 Å². The standard InChI is InChI=1S/C10H19NO/c1-8(12-2)10(11)9-6-4-3-5-7-9/h6,8,10H,3-5,7,11H2,1-2H3. The van der Waals surface area contributed by atoms with Crippen LogP contribution >= 0.6 is 0 Å². The van der Waals surface area contributed by atoms with Crippen LogP contribution in [-0.4, -0.2) is 19.3 Å². The lowest BCUT2D eigenvalue weighted by Gasteiger charge is -2.23. The molecular weight excluding hydrogens is 150 g/mol. The average Bonchev–Trinajstić information content (AvgIpc) is 2.17. The monoisotopic (exact) mass is 169 g/mol. The molecule has 0 aliphatic heterocycles. The van der Waals surface area contributed by atoms with Gasteiger partial charge in [-0.25, -0.2) is 0 Å². The highest BCUT2D eigenvalue weighted by atomic mass is 16.5. The molecule has 0 aromatic heterocycles. The zero-order valence-corrected chi connectivity index (χ0v) is 8.05. The second kappa shape index (κ2) is 4.63. The lowest BCUT2D eigenvalue weighted by Crippen LogP contribution is -2.36. The van der Waals surface area contributed by atoms with Crippen molar-refractivity contribution in [1.82, 2.24) is 0 Å². The Hall–Kier alpha value is -0.340. The van der Waals surface area contributed by atoms with Crippen LogP contribution in [0.4, 0.5) is 0 Å². The molecule has 0 heterocycles. The lowest BCUT2D eigenvalue weighted by molar-refractivity contribution is 0.104. The van der Waals surface area contributed by atoms with E-state index in [2.05, 4.69) is 6.08 Å². The molecule has 0 aromatic carbocycles. The van der Waals surface area contributed by atoms with E-state index < -0.39 is 0 Å². The molecule has 2 nitrogen and oxygen atoms in total. The van der Waals surface area contributed by atoms with Crippen molar-refractivity contribution in [3.8, 4) is 0 Å². The smallest absolute Gasteiger partial charge is 0.0732 e. The fraction of sp³-hybridized carbons (Fsp3) is 0.800. The number of rotatable bonds is 3. The molecule has 2 heteroatoms. The summed E-state index contributed by atoms with van der Waals surface area (Å²) in [5.74, 6) is 0. The second-order valence-electron chi connectivity index (χ2n) is 3.49. The minimum atomic E-state index is 0.107. The molecule has 12 heavy (non-hydrogen) atoms. The van der Waals surface area contributed by atoms with Gasteiger partial charge in [0.15, 0.2) is 0 Å². The summed E-state index contributed by atoms with van der Waals surface area (Å²) in [6, 6.07) is 0.107. The van der Waals surface area contributed by atoms with Crippen molar-refractivity contribution in [2.24, 2.45) is 5.73 Å². The largest absolute Gasteiger partial charge is 0.380 e. The van der Waals surface area contributed by atoms with Crippen LogP contribution in [0.25, 0.3) is 0 Å². The lowest BCUT2D eigenvalue weighted by atomic mass is 9.92. The Morgan fingerprint density at radius 2 is 2.25 bits per heavy atom. The third-order valence-electron chi connectivity index (χ3n) is 2.63. The summed E-state index contributed by atoms with van der Waals surface area (Å²) in [5.41, 5.74) is 7.39. The van der Waals surface area contributed by atoms with Crippen molar-refractivity contribution in [3.05, 3.63) is 11.6 Å². The normalized spacial score (nSPS) is 23.1. The van der Waals surface area contributed by atoms with Crippen molar-refractivity contribution in [3.63, 3.8) is 0 Å². The van der Waals surface area contributed by atoms with Crippen molar-refractivity contribution >= 4 is 0 Å². The predicted molar refractivity (Wildman–Crippen MR) is 51.0 cm³/mol. The Kier molecular flexibility index (Phi) is 3.76. The number of hydrogen-bond acceptors (Lipinski definition) is 2. The minimum absolute atomic E-state index is 0.107. The van der Waals surface area contributed by atoms with Crippen LogP contribution in [0.5, 0.6) is 0 Å². The third-order valence-corrected chi connectivity index (χ3v) is 2.63. The SMILES string of the molecule is COC(C)C(N)C1=CCCCC1. The van der Waals surface area contributed by atoms with Gasteiger partial charge in [0.2, 0.25) is 0 Å². The third kappa shape index (κ3) is 2.32. The van der Waals surface area contributed by atoms with Gasteiger partial charge >= 0.3 is 0 Å². The van der Waals surface area contributed by atoms with E-state index in [0.717, 1.165) is 6.42 Å². The fourth-order valence-electron chi connectivity index (χ4n) is 1.61. The maximum absolute atomic E-state index is 6.01. The predicted octanol–water partition coefficient (Wildman–Crippen LogP) is 1.85. The zero-order chi connectivity index (χ0) is 8.97. The zero-order valence-electron chi connectivity index (χ0n) is 8.05. The number of allylic oxidation sites excluding steroid dienone is 1. The molecule has 0 saturated carbocycles. The van der Waals surface area contributed by atoms with E-state index in [1.165, 1.54) is 24.8 Å². The van der Waals surface area contributed by atoms with E-state index >= 15 is 0 Å². The molecule has 1 aliphatic carbocycles. The van der Waals surface area contributed by atoms with Crippen LogP contribution in [0, 0.1) is 0 Å². The van der Waals surface area contributed by atoms with Crippen molar-refractivity contribution in [2.75, 3.05) is 7.11 Å². The molecule has 0 fully saturated rings. The Bertz CT molecular complexity index is 165. The molecule has 1 rings (SSSR count). The Morgan fingerprint density at radius 1 is 1.50 bits per heavy atom. The van der Waals surface area contributed by atoms with Crippen LogP contribution < -0.4 is 5.73 Å². The van der Waals surface area contributed by atoms with Gasteiger partial charge in [0, 0.05) is 7.11 Å². The van der Waals surface area contributed by atoms with Gasteiger partial charge in [0.25, 0.3) is 0 Å². The van der Waals surface area contributed by atoms with E-state index in [-0.39, 0.29) is 12.1 Å². The minimum Gasteiger partial charge on any atom is -0.380 e. The maximum Gasteiger partial charge on any atom is 0.0732 e. The van der Waals surface area contributed by atoms with Gasteiger partial charge in [-0.3, -0.25) is 0 Å². The topological polar surface area (TPSA) is 35.2 Å². The molecule has 2 unspecified atom stereocenters. The van der Waals surface area contributed by atoms with Crippen LogP contribution in [0.3, 0.4) is 0 Å². The Balaban J connectivity index is 2.49. The summed E-state index contributed by atoms with van der Waals surface area (Å²) >= 11 is 0. The number of nitrogens with two attached hydrogens (primary N) is 1. The highest BCUT2D eigenvalue weighted by molar-refractivity contribution is 5.13. The number of hydrogen-bond donors (Lipinski definition) is 1. The first-order valence-electron chi connectivity index (χ1n) is 4.73. The number of methoxy groups -OCH3 is 1. The first-order chi connectivity index (χ1) is 5.75. The van der Waals surface area contributed by atoms with Crippen LogP contribution in [0.2, 0.25) is 0 Å². The summed E-state index contributed by atoms with van der Waals surface area (Å²) < 4.78 is 5.20. The first kappa shape index (κ1) is 9.75. The molecule has 2 N–H and O–H groups in total. The van der Waals surface area contributed by atoms with Gasteiger partial charge in [0.05, 0.1) is 12.1 Å². The summed E-state index contributed by atoms with van der Waals surface area (Å²) in [7, 11) is 1.72. The molecule has 1 aliphatic rings. The van der Waals surface area contributed by atoms with E-state index in [4.69, 9.17) is 10.5 Å². The van der Waals surface area contributed by atoms with E-state index in [1.807, 2.05) is 6.92 Å². The van der Waals surface area contributed by atoms with Crippen LogP contribution in [0.15, 0.2) is 11.6 Å². The van der Waals surface area contributed by atoms with Gasteiger partial charge in [-0.1, -0.05) is 11.6 Å². The van der Waals surface area contributed by atoms with Gasteiger partial charge in [-0.2, -0.15) is 0 Å². The molecule has 0 saturated heterocycles.